The zero-order valence-electron chi connectivity index (χ0n) is 27.7. The summed E-state index contributed by atoms with van der Waals surface area (Å²) in [6.45, 7) is 0. The average Bonchev–Trinajstić information content (AvgIpc) is 3.59. The van der Waals surface area contributed by atoms with E-state index in [1.54, 1.807) is 0 Å². The van der Waals surface area contributed by atoms with E-state index in [4.69, 9.17) is 19.4 Å². The Hall–Kier alpha value is -6.65. The molecule has 0 saturated carbocycles. The molecule has 0 saturated heterocycles. The van der Waals surface area contributed by atoms with Crippen molar-refractivity contribution in [2.45, 2.75) is 12.3 Å². The van der Waals surface area contributed by atoms with E-state index in [0.717, 1.165) is 67.2 Å². The van der Waals surface area contributed by atoms with Crippen LogP contribution < -0.4 is 0 Å². The van der Waals surface area contributed by atoms with Crippen molar-refractivity contribution in [3.8, 4) is 45.0 Å². The van der Waals surface area contributed by atoms with Crippen LogP contribution in [0.2, 0.25) is 0 Å². The number of allylic oxidation sites excluding steroid dienone is 4. The number of hydrogen-bond acceptors (Lipinski definition) is 4. The maximum atomic E-state index is 6.55. The van der Waals surface area contributed by atoms with Crippen LogP contribution in [0.5, 0.6) is 0 Å². The van der Waals surface area contributed by atoms with Crippen molar-refractivity contribution in [1.82, 2.24) is 15.0 Å². The van der Waals surface area contributed by atoms with E-state index in [1.165, 1.54) is 21.9 Å². The maximum Gasteiger partial charge on any atom is 0.164 e. The highest BCUT2D eigenvalue weighted by molar-refractivity contribution is 6.14. The number of nitrogens with zero attached hydrogens (tertiary/aromatic N) is 3. The third kappa shape index (κ3) is 5.12. The van der Waals surface area contributed by atoms with Crippen LogP contribution in [0.15, 0.2) is 174 Å². The molecule has 0 fully saturated rings. The van der Waals surface area contributed by atoms with E-state index in [1.807, 2.05) is 18.2 Å². The summed E-state index contributed by atoms with van der Waals surface area (Å²) in [7, 11) is 0. The predicted octanol–water partition coefficient (Wildman–Crippen LogP) is 12.3. The van der Waals surface area contributed by atoms with Gasteiger partial charge in [0.1, 0.15) is 17.0 Å². The second-order valence-electron chi connectivity index (χ2n) is 13.1. The van der Waals surface area contributed by atoms with Crippen molar-refractivity contribution >= 4 is 43.5 Å². The normalized spacial score (nSPS) is 14.2. The summed E-state index contributed by atoms with van der Waals surface area (Å²) in [6.07, 6.45) is 9.37. The molecule has 1 aliphatic carbocycles. The van der Waals surface area contributed by atoms with Gasteiger partial charge in [-0.15, -0.1) is 0 Å². The Morgan fingerprint density at radius 2 is 1.16 bits per heavy atom. The summed E-state index contributed by atoms with van der Waals surface area (Å²) in [5.74, 6) is 2.13. The van der Waals surface area contributed by atoms with Crippen LogP contribution in [0.1, 0.15) is 18.2 Å². The van der Waals surface area contributed by atoms with Crippen LogP contribution >= 0.6 is 0 Å². The summed E-state index contributed by atoms with van der Waals surface area (Å²) in [6, 6.07) is 51.1. The van der Waals surface area contributed by atoms with Gasteiger partial charge in [0, 0.05) is 27.8 Å². The van der Waals surface area contributed by atoms with Gasteiger partial charge in [-0.1, -0.05) is 146 Å². The van der Waals surface area contributed by atoms with Crippen molar-refractivity contribution in [2.24, 2.45) is 0 Å². The second-order valence-corrected chi connectivity index (χ2v) is 13.1. The molecular weight excluding hydrogens is 623 g/mol. The Morgan fingerprint density at radius 1 is 0.471 bits per heavy atom. The van der Waals surface area contributed by atoms with Crippen LogP contribution in [0.3, 0.4) is 0 Å². The average molecular weight is 654 g/mol. The fourth-order valence-corrected chi connectivity index (χ4v) is 7.49. The van der Waals surface area contributed by atoms with Gasteiger partial charge in [0.2, 0.25) is 0 Å². The smallest absolute Gasteiger partial charge is 0.164 e. The first-order valence-electron chi connectivity index (χ1n) is 17.4. The monoisotopic (exact) mass is 653 g/mol. The molecule has 4 nitrogen and oxygen atoms in total. The molecule has 4 heteroatoms. The van der Waals surface area contributed by atoms with Gasteiger partial charge in [-0.25, -0.2) is 15.0 Å². The van der Waals surface area contributed by atoms with E-state index in [9.17, 15) is 0 Å². The molecule has 9 aromatic rings. The fraction of sp³-hybridized carbons (Fsp3) is 0.0426. The zero-order valence-corrected chi connectivity index (χ0v) is 27.7. The van der Waals surface area contributed by atoms with Crippen LogP contribution in [-0.2, 0) is 0 Å². The quantitative estimate of drug-likeness (QED) is 0.173. The Kier molecular flexibility index (Phi) is 6.91. The molecule has 7 aromatic carbocycles. The van der Waals surface area contributed by atoms with Crippen LogP contribution in [0, 0.1) is 0 Å². The molecule has 0 radical (unpaired) electrons. The van der Waals surface area contributed by atoms with Crippen molar-refractivity contribution in [3.63, 3.8) is 0 Å². The lowest BCUT2D eigenvalue weighted by Gasteiger charge is -2.16. The molecule has 2 aromatic heterocycles. The number of furan rings is 1. The molecule has 0 bridgehead atoms. The third-order valence-electron chi connectivity index (χ3n) is 10.0. The Morgan fingerprint density at radius 3 is 1.96 bits per heavy atom. The minimum Gasteiger partial charge on any atom is -0.456 e. The highest BCUT2D eigenvalue weighted by Gasteiger charge is 2.21. The van der Waals surface area contributed by atoms with Gasteiger partial charge in [0.15, 0.2) is 11.6 Å². The maximum absolute atomic E-state index is 6.55. The first-order chi connectivity index (χ1) is 25.3. The van der Waals surface area contributed by atoms with Crippen molar-refractivity contribution in [1.29, 1.82) is 0 Å². The van der Waals surface area contributed by atoms with Gasteiger partial charge in [-0.3, -0.25) is 0 Å². The van der Waals surface area contributed by atoms with Gasteiger partial charge in [-0.2, -0.15) is 0 Å². The van der Waals surface area contributed by atoms with E-state index in [2.05, 4.69) is 152 Å². The first-order valence-corrected chi connectivity index (χ1v) is 17.4. The number of aromatic nitrogens is 3. The number of rotatable bonds is 5. The number of hydrogen-bond donors (Lipinski definition) is 0. The van der Waals surface area contributed by atoms with E-state index < -0.39 is 0 Å². The molecule has 1 unspecified atom stereocenters. The van der Waals surface area contributed by atoms with Gasteiger partial charge < -0.3 is 4.42 Å². The van der Waals surface area contributed by atoms with Crippen molar-refractivity contribution < 1.29 is 4.42 Å². The van der Waals surface area contributed by atoms with Crippen molar-refractivity contribution in [3.05, 3.63) is 176 Å². The standard InChI is InChI=1S/C47H31N3O/c1-3-12-30(13-4-1)31-22-24-32(25-23-31)34-26-27-39-43(29-34)51-42-21-11-20-40(44(39)42)46-48-45(33-14-5-2-6-15-33)49-47(50-46)41-28-35-16-7-8-17-36(35)37-18-9-10-19-38(37)41/h1-14,16-29,33H,15H2. The molecule has 240 valence electrons. The van der Waals surface area contributed by atoms with E-state index in [-0.39, 0.29) is 5.92 Å². The van der Waals surface area contributed by atoms with Crippen LogP contribution in [0.25, 0.3) is 88.5 Å². The highest BCUT2D eigenvalue weighted by Crippen LogP contribution is 2.40. The first kappa shape index (κ1) is 29.3. The SMILES string of the molecule is C1=CCC(c2nc(-c3cc4ccccc4c4ccccc34)nc(-c3cccc4oc5cc(-c6ccc(-c7ccccc7)cc6)ccc5c34)n2)C=C1. The molecule has 0 amide bonds. The highest BCUT2D eigenvalue weighted by atomic mass is 16.3. The summed E-state index contributed by atoms with van der Waals surface area (Å²) >= 11 is 0. The van der Waals surface area contributed by atoms with Crippen LogP contribution in [0.4, 0.5) is 0 Å². The lowest BCUT2D eigenvalue weighted by atomic mass is 9.96. The number of fused-ring (bicyclic) bond motifs is 6. The van der Waals surface area contributed by atoms with Gasteiger partial charge >= 0.3 is 0 Å². The minimum absolute atomic E-state index is 0.0540. The molecule has 0 spiro atoms. The predicted molar refractivity (Wildman–Crippen MR) is 209 cm³/mol. The summed E-state index contributed by atoms with van der Waals surface area (Å²) < 4.78 is 6.55. The van der Waals surface area contributed by atoms with Gasteiger partial charge in [0.25, 0.3) is 0 Å². The zero-order chi connectivity index (χ0) is 33.7. The summed E-state index contributed by atoms with van der Waals surface area (Å²) in [5, 5.41) is 6.71. The minimum atomic E-state index is 0.0540. The molecule has 1 atom stereocenters. The van der Waals surface area contributed by atoms with Crippen LogP contribution in [-0.4, -0.2) is 15.0 Å². The lowest BCUT2D eigenvalue weighted by Crippen LogP contribution is -2.08. The molecule has 0 N–H and O–H groups in total. The topological polar surface area (TPSA) is 51.8 Å². The Balaban J connectivity index is 1.13. The molecule has 1 aliphatic rings. The fourth-order valence-electron chi connectivity index (χ4n) is 7.49. The molecule has 10 rings (SSSR count). The number of benzene rings is 7. The van der Waals surface area contributed by atoms with Crippen molar-refractivity contribution in [2.75, 3.05) is 0 Å². The van der Waals surface area contributed by atoms with E-state index in [0.29, 0.717) is 11.6 Å². The van der Waals surface area contributed by atoms with Gasteiger partial charge in [-0.05, 0) is 74.5 Å². The summed E-state index contributed by atoms with van der Waals surface area (Å²) in [5.41, 5.74) is 8.21. The summed E-state index contributed by atoms with van der Waals surface area (Å²) in [4.78, 5) is 15.6. The Labute approximate surface area is 295 Å². The molecular formula is C47H31N3O. The molecule has 0 aliphatic heterocycles. The third-order valence-corrected chi connectivity index (χ3v) is 10.0. The second kappa shape index (κ2) is 12.0. The Bertz CT molecular complexity index is 2830. The van der Waals surface area contributed by atoms with E-state index >= 15 is 0 Å². The largest absolute Gasteiger partial charge is 0.456 e. The van der Waals surface area contributed by atoms with Gasteiger partial charge in [0.05, 0.1) is 0 Å². The lowest BCUT2D eigenvalue weighted by molar-refractivity contribution is 0.669. The molecule has 2 heterocycles. The molecule has 51 heavy (non-hydrogen) atoms.